The second kappa shape index (κ2) is 4.74. The zero-order valence-corrected chi connectivity index (χ0v) is 11.8. The third kappa shape index (κ3) is 2.40. The molecule has 1 aliphatic heterocycles. The van der Waals surface area contributed by atoms with Crippen molar-refractivity contribution < 1.29 is 0 Å². The maximum atomic E-state index is 4.57. The number of aryl methyl sites for hydroxylation is 1. The smallest absolute Gasteiger partial charge is 0.143 e. The second-order valence-corrected chi connectivity index (χ2v) is 5.86. The Hall–Kier alpha value is -0.570. The van der Waals surface area contributed by atoms with Crippen LogP contribution >= 0.6 is 15.9 Å². The highest BCUT2D eigenvalue weighted by molar-refractivity contribution is 9.10. The van der Waals surface area contributed by atoms with Gasteiger partial charge in [0.1, 0.15) is 5.82 Å². The van der Waals surface area contributed by atoms with Crippen LogP contribution in [0.3, 0.4) is 0 Å². The van der Waals surface area contributed by atoms with Crippen molar-refractivity contribution in [2.24, 2.45) is 5.92 Å². The summed E-state index contributed by atoms with van der Waals surface area (Å²) in [5.74, 6) is 1.87. The van der Waals surface area contributed by atoms with Crippen LogP contribution in [-0.2, 0) is 0 Å². The van der Waals surface area contributed by atoms with Gasteiger partial charge in [-0.2, -0.15) is 0 Å². The summed E-state index contributed by atoms with van der Waals surface area (Å²) in [6.07, 6.45) is 4.55. The summed E-state index contributed by atoms with van der Waals surface area (Å²) < 4.78 is 1.12. The van der Waals surface area contributed by atoms with Gasteiger partial charge in [0.25, 0.3) is 0 Å². The Kier molecular flexibility index (Phi) is 3.53. The van der Waals surface area contributed by atoms with Crippen molar-refractivity contribution in [2.75, 3.05) is 11.4 Å². The molecule has 0 radical (unpaired) electrons. The van der Waals surface area contributed by atoms with Crippen molar-refractivity contribution >= 4 is 21.7 Å². The fourth-order valence-electron chi connectivity index (χ4n) is 2.32. The number of halogens is 1. The van der Waals surface area contributed by atoms with Gasteiger partial charge < -0.3 is 4.90 Å². The molecule has 16 heavy (non-hydrogen) atoms. The van der Waals surface area contributed by atoms with Gasteiger partial charge in [0.2, 0.25) is 0 Å². The molecule has 1 saturated heterocycles. The Labute approximate surface area is 106 Å². The monoisotopic (exact) mass is 282 g/mol. The number of hydrogen-bond acceptors (Lipinski definition) is 2. The number of pyridine rings is 1. The first-order chi connectivity index (χ1) is 7.58. The molecular weight excluding hydrogens is 264 g/mol. The van der Waals surface area contributed by atoms with Crippen LogP contribution in [0.25, 0.3) is 0 Å². The van der Waals surface area contributed by atoms with Crippen LogP contribution in [-0.4, -0.2) is 17.6 Å². The predicted molar refractivity (Wildman–Crippen MR) is 71.9 cm³/mol. The Morgan fingerprint density at radius 1 is 1.38 bits per heavy atom. The lowest BCUT2D eigenvalue weighted by Crippen LogP contribution is -2.41. The number of rotatable bonds is 1. The highest BCUT2D eigenvalue weighted by Crippen LogP contribution is 2.31. The van der Waals surface area contributed by atoms with Gasteiger partial charge in [-0.1, -0.05) is 6.92 Å². The summed E-state index contributed by atoms with van der Waals surface area (Å²) in [7, 11) is 0. The lowest BCUT2D eigenvalue weighted by Gasteiger charge is -2.38. The van der Waals surface area contributed by atoms with Crippen molar-refractivity contribution in [3.8, 4) is 0 Å². The number of anilines is 1. The number of piperidine rings is 1. The van der Waals surface area contributed by atoms with E-state index in [0.29, 0.717) is 6.04 Å². The van der Waals surface area contributed by atoms with E-state index in [1.54, 1.807) is 0 Å². The predicted octanol–water partition coefficient (Wildman–Crippen LogP) is 3.78. The van der Waals surface area contributed by atoms with E-state index >= 15 is 0 Å². The first kappa shape index (κ1) is 11.9. The topological polar surface area (TPSA) is 16.1 Å². The quantitative estimate of drug-likeness (QED) is 0.779. The van der Waals surface area contributed by atoms with E-state index in [1.165, 1.54) is 18.4 Å². The summed E-state index contributed by atoms with van der Waals surface area (Å²) in [5.41, 5.74) is 1.20. The van der Waals surface area contributed by atoms with E-state index in [0.717, 1.165) is 22.8 Å². The highest BCUT2D eigenvalue weighted by atomic mass is 79.9. The zero-order valence-electron chi connectivity index (χ0n) is 10.2. The Morgan fingerprint density at radius 3 is 2.81 bits per heavy atom. The first-order valence-corrected chi connectivity index (χ1v) is 6.76. The van der Waals surface area contributed by atoms with E-state index in [2.05, 4.69) is 52.7 Å². The highest BCUT2D eigenvalue weighted by Gasteiger charge is 2.25. The molecule has 0 saturated carbocycles. The number of aromatic nitrogens is 1. The second-order valence-electron chi connectivity index (χ2n) is 5.00. The minimum absolute atomic E-state index is 0.600. The summed E-state index contributed by atoms with van der Waals surface area (Å²) in [6, 6.07) is 2.75. The van der Waals surface area contributed by atoms with Crippen molar-refractivity contribution in [1.82, 2.24) is 4.98 Å². The first-order valence-electron chi connectivity index (χ1n) is 5.96. The Morgan fingerprint density at radius 2 is 2.12 bits per heavy atom. The van der Waals surface area contributed by atoms with E-state index < -0.39 is 0 Å². The van der Waals surface area contributed by atoms with E-state index in [1.807, 2.05) is 6.20 Å². The van der Waals surface area contributed by atoms with Crippen LogP contribution in [0, 0.1) is 12.8 Å². The number of hydrogen-bond donors (Lipinski definition) is 0. The molecule has 0 aliphatic carbocycles. The lowest BCUT2D eigenvalue weighted by atomic mass is 9.95. The average molecular weight is 283 g/mol. The molecule has 1 aliphatic rings. The fourth-order valence-corrected chi connectivity index (χ4v) is 3.01. The van der Waals surface area contributed by atoms with Gasteiger partial charge in [0, 0.05) is 18.8 Å². The third-order valence-corrected chi connectivity index (χ3v) is 3.93. The normalized spacial score (nSPS) is 25.9. The SMILES string of the molecule is Cc1cnc(N2CC(C)CCC2C)c(Br)c1. The van der Waals surface area contributed by atoms with Crippen LogP contribution < -0.4 is 4.90 Å². The van der Waals surface area contributed by atoms with Crippen molar-refractivity contribution in [3.05, 3.63) is 22.3 Å². The molecule has 1 aromatic rings. The summed E-state index contributed by atoms with van der Waals surface area (Å²) in [5, 5.41) is 0. The van der Waals surface area contributed by atoms with Crippen LogP contribution in [0.5, 0.6) is 0 Å². The molecule has 2 heterocycles. The Bertz CT molecular complexity index is 378. The maximum absolute atomic E-state index is 4.57. The standard InChI is InChI=1S/C13H19BrN2/c1-9-4-5-11(3)16(8-9)13-12(14)6-10(2)7-15-13/h6-7,9,11H,4-5,8H2,1-3H3. The molecular formula is C13H19BrN2. The van der Waals surface area contributed by atoms with E-state index in [-0.39, 0.29) is 0 Å². The fraction of sp³-hybridized carbons (Fsp3) is 0.615. The van der Waals surface area contributed by atoms with E-state index in [4.69, 9.17) is 0 Å². The van der Waals surface area contributed by atoms with Gasteiger partial charge in [-0.25, -0.2) is 4.98 Å². The van der Waals surface area contributed by atoms with E-state index in [9.17, 15) is 0 Å². The van der Waals surface area contributed by atoms with Crippen LogP contribution in [0.2, 0.25) is 0 Å². The molecule has 3 heteroatoms. The lowest BCUT2D eigenvalue weighted by molar-refractivity contribution is 0.388. The average Bonchev–Trinajstić information content (AvgIpc) is 2.22. The molecule has 0 spiro atoms. The van der Waals surface area contributed by atoms with Crippen LogP contribution in [0.1, 0.15) is 32.3 Å². The molecule has 1 aromatic heterocycles. The van der Waals surface area contributed by atoms with Gasteiger partial charge in [-0.05, 0) is 60.2 Å². The summed E-state index contributed by atoms with van der Waals surface area (Å²) in [6.45, 7) is 7.81. The zero-order chi connectivity index (χ0) is 11.7. The van der Waals surface area contributed by atoms with Crippen LogP contribution in [0.15, 0.2) is 16.7 Å². The van der Waals surface area contributed by atoms with Crippen molar-refractivity contribution in [1.29, 1.82) is 0 Å². The minimum Gasteiger partial charge on any atom is -0.353 e. The van der Waals surface area contributed by atoms with Gasteiger partial charge >= 0.3 is 0 Å². The summed E-state index contributed by atoms with van der Waals surface area (Å²) >= 11 is 3.63. The van der Waals surface area contributed by atoms with Crippen molar-refractivity contribution in [2.45, 2.75) is 39.7 Å². The molecule has 1 fully saturated rings. The molecule has 2 rings (SSSR count). The van der Waals surface area contributed by atoms with Gasteiger partial charge in [-0.3, -0.25) is 0 Å². The molecule has 88 valence electrons. The number of nitrogens with zero attached hydrogens (tertiary/aromatic N) is 2. The molecule has 0 amide bonds. The van der Waals surface area contributed by atoms with Gasteiger partial charge in [0.15, 0.2) is 0 Å². The molecule has 2 unspecified atom stereocenters. The third-order valence-electron chi connectivity index (χ3n) is 3.35. The molecule has 0 N–H and O–H groups in total. The largest absolute Gasteiger partial charge is 0.353 e. The van der Waals surface area contributed by atoms with Crippen LogP contribution in [0.4, 0.5) is 5.82 Å². The minimum atomic E-state index is 0.600. The van der Waals surface area contributed by atoms with Gasteiger partial charge in [0.05, 0.1) is 4.47 Å². The Balaban J connectivity index is 2.28. The maximum Gasteiger partial charge on any atom is 0.143 e. The molecule has 2 nitrogen and oxygen atoms in total. The summed E-state index contributed by atoms with van der Waals surface area (Å²) in [4.78, 5) is 6.99. The molecule has 0 aromatic carbocycles. The molecule has 2 atom stereocenters. The van der Waals surface area contributed by atoms with Gasteiger partial charge in [-0.15, -0.1) is 0 Å². The molecule has 0 bridgehead atoms. The van der Waals surface area contributed by atoms with Crippen molar-refractivity contribution in [3.63, 3.8) is 0 Å².